The van der Waals surface area contributed by atoms with Crippen LogP contribution in [0.1, 0.15) is 37.5 Å². The molecule has 0 aliphatic rings. The van der Waals surface area contributed by atoms with Gasteiger partial charge in [-0.2, -0.15) is 5.26 Å². The molecular weight excluding hydrogens is 511 g/mol. The Balaban J connectivity index is 1.59. The van der Waals surface area contributed by atoms with Crippen molar-refractivity contribution in [1.82, 2.24) is 0 Å². The quantitative estimate of drug-likeness (QED) is 0.205. The predicted molar refractivity (Wildman–Crippen MR) is 165 cm³/mol. The molecule has 0 radical (unpaired) electrons. The Bertz CT molecular complexity index is 1950. The van der Waals surface area contributed by atoms with Gasteiger partial charge in [0.15, 0.2) is 6.20 Å². The average Bonchev–Trinajstić information content (AvgIpc) is 3.32. The zero-order valence-electron chi connectivity index (χ0n) is 23.3. The monoisotopic (exact) mass is 541 g/mol. The minimum atomic E-state index is -0.294. The molecule has 196 valence electrons. The van der Waals surface area contributed by atoms with E-state index in [-0.39, 0.29) is 11.2 Å². The lowest BCUT2D eigenvalue weighted by Gasteiger charge is -2.18. The van der Waals surface area contributed by atoms with Crippen molar-refractivity contribution in [2.45, 2.75) is 33.1 Å². The van der Waals surface area contributed by atoms with Crippen LogP contribution in [0.4, 0.5) is 4.39 Å². The van der Waals surface area contributed by atoms with Crippen LogP contribution in [0, 0.1) is 24.1 Å². The molecule has 6 aromatic rings. The van der Waals surface area contributed by atoms with Crippen molar-refractivity contribution in [3.63, 3.8) is 0 Å². The van der Waals surface area contributed by atoms with Gasteiger partial charge < -0.3 is 0 Å². The van der Waals surface area contributed by atoms with Crippen molar-refractivity contribution in [3.8, 4) is 39.6 Å². The van der Waals surface area contributed by atoms with E-state index in [2.05, 4.69) is 67.6 Å². The number of rotatable bonds is 3. The number of aromatic nitrogens is 1. The summed E-state index contributed by atoms with van der Waals surface area (Å²) in [7, 11) is 1.99. The Labute approximate surface area is 238 Å². The molecule has 0 atom stereocenters. The second-order valence-electron chi connectivity index (χ2n) is 11.4. The molecule has 2 nitrogen and oxygen atoms in total. The highest BCUT2D eigenvalue weighted by Crippen LogP contribution is 2.46. The lowest BCUT2D eigenvalue weighted by molar-refractivity contribution is -0.661. The fraction of sp³-hybridized carbons (Fsp3) is 0.167. The van der Waals surface area contributed by atoms with E-state index in [1.165, 1.54) is 0 Å². The molecule has 0 saturated carbocycles. The molecule has 0 amide bonds. The second kappa shape index (κ2) is 9.70. The van der Waals surface area contributed by atoms with Crippen molar-refractivity contribution in [2.75, 3.05) is 0 Å². The van der Waals surface area contributed by atoms with Gasteiger partial charge in [-0.1, -0.05) is 93.6 Å². The van der Waals surface area contributed by atoms with Gasteiger partial charge in [-0.15, -0.1) is 11.3 Å². The van der Waals surface area contributed by atoms with Crippen molar-refractivity contribution >= 4 is 31.5 Å². The zero-order chi connectivity index (χ0) is 28.2. The summed E-state index contributed by atoms with van der Waals surface area (Å²) >= 11 is 1.69. The van der Waals surface area contributed by atoms with Crippen LogP contribution in [-0.2, 0) is 12.5 Å². The van der Waals surface area contributed by atoms with Gasteiger partial charge in [0.2, 0.25) is 5.69 Å². The van der Waals surface area contributed by atoms with Crippen LogP contribution < -0.4 is 4.57 Å². The normalized spacial score (nSPS) is 11.7. The number of aryl methyl sites for hydroxylation is 2. The number of hydrogen-bond donors (Lipinski definition) is 0. The number of nitrogens with zero attached hydrogens (tertiary/aromatic N) is 2. The smallest absolute Gasteiger partial charge is 0.206 e. The number of thiophene rings is 1. The fourth-order valence-corrected chi connectivity index (χ4v) is 7.06. The molecule has 0 spiro atoms. The van der Waals surface area contributed by atoms with Crippen molar-refractivity contribution in [1.29, 1.82) is 5.26 Å². The van der Waals surface area contributed by atoms with Gasteiger partial charge in [0.25, 0.3) is 0 Å². The molecule has 0 aliphatic heterocycles. The maximum atomic E-state index is 15.4. The van der Waals surface area contributed by atoms with Gasteiger partial charge in [0, 0.05) is 31.8 Å². The number of halogens is 1. The summed E-state index contributed by atoms with van der Waals surface area (Å²) in [6.07, 6.45) is 1.92. The van der Waals surface area contributed by atoms with E-state index in [0.29, 0.717) is 11.1 Å². The molecule has 4 aromatic carbocycles. The van der Waals surface area contributed by atoms with E-state index in [9.17, 15) is 5.26 Å². The van der Waals surface area contributed by atoms with Gasteiger partial charge in [-0.25, -0.2) is 8.96 Å². The maximum Gasteiger partial charge on any atom is 0.216 e. The number of fused-ring (bicyclic) bond motifs is 3. The lowest BCUT2D eigenvalue weighted by Crippen LogP contribution is -2.34. The first-order valence-corrected chi connectivity index (χ1v) is 14.2. The third kappa shape index (κ3) is 4.28. The predicted octanol–water partition coefficient (Wildman–Crippen LogP) is 9.50. The largest absolute Gasteiger partial charge is 0.216 e. The first kappa shape index (κ1) is 25.9. The summed E-state index contributed by atoms with van der Waals surface area (Å²) in [6, 6.07) is 31.1. The molecular formula is C36H30FN2S+. The summed E-state index contributed by atoms with van der Waals surface area (Å²) in [5.74, 6) is -0.191. The number of nitriles is 1. The van der Waals surface area contributed by atoms with Crippen LogP contribution in [0.5, 0.6) is 0 Å². The Kier molecular flexibility index (Phi) is 6.28. The third-order valence-electron chi connectivity index (χ3n) is 7.71. The van der Waals surface area contributed by atoms with E-state index >= 15 is 4.39 Å². The molecule has 0 aliphatic carbocycles. The molecule has 0 unspecified atom stereocenters. The van der Waals surface area contributed by atoms with Crippen LogP contribution in [-0.4, -0.2) is 0 Å². The molecule has 0 fully saturated rings. The van der Waals surface area contributed by atoms with Gasteiger partial charge >= 0.3 is 0 Å². The van der Waals surface area contributed by atoms with Crippen LogP contribution >= 0.6 is 11.3 Å². The minimum absolute atomic E-state index is 0.191. The highest BCUT2D eigenvalue weighted by molar-refractivity contribution is 7.27. The molecule has 0 saturated heterocycles. The summed E-state index contributed by atoms with van der Waals surface area (Å²) in [4.78, 5) is 0. The second-order valence-corrected chi connectivity index (χ2v) is 12.5. The van der Waals surface area contributed by atoms with Crippen LogP contribution in [0.15, 0.2) is 91.1 Å². The van der Waals surface area contributed by atoms with Crippen molar-refractivity contribution in [2.24, 2.45) is 7.05 Å². The molecule has 2 heterocycles. The first-order chi connectivity index (χ1) is 19.2. The van der Waals surface area contributed by atoms with Gasteiger partial charge in [0.05, 0.1) is 22.8 Å². The first-order valence-electron chi connectivity index (χ1n) is 13.4. The number of hydrogen-bond acceptors (Lipinski definition) is 2. The summed E-state index contributed by atoms with van der Waals surface area (Å²) in [5.41, 5.74) is 8.27. The third-order valence-corrected chi connectivity index (χ3v) is 8.96. The number of pyridine rings is 1. The summed E-state index contributed by atoms with van der Waals surface area (Å²) in [6.45, 7) is 8.18. The average molecular weight is 542 g/mol. The molecule has 0 bridgehead atoms. The Hall–Kier alpha value is -4.33. The summed E-state index contributed by atoms with van der Waals surface area (Å²) in [5, 5.41) is 12.3. The minimum Gasteiger partial charge on any atom is -0.206 e. The Morgan fingerprint density at radius 1 is 0.775 bits per heavy atom. The molecule has 0 N–H and O–H groups in total. The van der Waals surface area contributed by atoms with Gasteiger partial charge in [-0.05, 0) is 40.7 Å². The van der Waals surface area contributed by atoms with Gasteiger partial charge in [0.1, 0.15) is 12.9 Å². The number of benzene rings is 4. The van der Waals surface area contributed by atoms with Gasteiger partial charge in [-0.3, -0.25) is 0 Å². The van der Waals surface area contributed by atoms with E-state index in [0.717, 1.165) is 59.2 Å². The topological polar surface area (TPSA) is 27.7 Å². The fourth-order valence-electron chi connectivity index (χ4n) is 5.58. The lowest BCUT2D eigenvalue weighted by atomic mass is 9.87. The van der Waals surface area contributed by atoms with Crippen LogP contribution in [0.3, 0.4) is 0 Å². The highest BCUT2D eigenvalue weighted by Gasteiger charge is 2.27. The van der Waals surface area contributed by atoms with Crippen LogP contribution in [0.25, 0.3) is 53.7 Å². The molecule has 6 rings (SSSR count). The van der Waals surface area contributed by atoms with Crippen molar-refractivity contribution in [3.05, 3.63) is 114 Å². The van der Waals surface area contributed by atoms with E-state index in [4.69, 9.17) is 0 Å². The highest BCUT2D eigenvalue weighted by atomic mass is 32.1. The molecule has 4 heteroatoms. The van der Waals surface area contributed by atoms with Crippen molar-refractivity contribution < 1.29 is 8.96 Å². The Morgan fingerprint density at radius 2 is 1.38 bits per heavy atom. The maximum absolute atomic E-state index is 15.4. The van der Waals surface area contributed by atoms with E-state index in [1.807, 2.05) is 62.8 Å². The molecule has 2 aromatic heterocycles. The Morgan fingerprint density at radius 3 is 2.02 bits per heavy atom. The zero-order valence-corrected chi connectivity index (χ0v) is 24.2. The summed E-state index contributed by atoms with van der Waals surface area (Å²) < 4.78 is 19.7. The SMILES string of the molecule is Cc1ccc2c(sc3c(-c4ccc(-c5ccccc5)cc4)c(C#N)ccc32)c1-c1cc(F)c(C(C)(C)C)c[n+]1C. The van der Waals surface area contributed by atoms with E-state index < -0.39 is 0 Å². The standard InChI is InChI=1S/C36H30FN2S/c1-22-11-17-27-28-18-16-26(20-38)33(25-14-12-24(13-15-25)23-9-7-6-8-10-23)35(28)40-34(27)32(22)31-19-30(37)29(21-39(31)5)36(2,3)4/h6-19,21H,1-5H3/q+1. The van der Waals surface area contributed by atoms with Crippen LogP contribution in [0.2, 0.25) is 0 Å². The molecule has 40 heavy (non-hydrogen) atoms. The van der Waals surface area contributed by atoms with E-state index in [1.54, 1.807) is 17.4 Å².